The highest BCUT2D eigenvalue weighted by Crippen LogP contribution is 2.31. The van der Waals surface area contributed by atoms with E-state index < -0.39 is 0 Å². The minimum atomic E-state index is 0.181. The van der Waals surface area contributed by atoms with Gasteiger partial charge in [-0.15, -0.1) is 35.0 Å². The lowest BCUT2D eigenvalue weighted by Gasteiger charge is -2.12. The maximum absolute atomic E-state index is 5.93. The summed E-state index contributed by atoms with van der Waals surface area (Å²) in [7, 11) is 0. The molecule has 0 saturated carbocycles. The van der Waals surface area contributed by atoms with Gasteiger partial charge in [-0.1, -0.05) is 0 Å². The summed E-state index contributed by atoms with van der Waals surface area (Å²) in [6.45, 7) is 0.614. The van der Waals surface area contributed by atoms with E-state index in [1.54, 1.807) is 11.8 Å². The molecule has 1 nitrogen and oxygen atoms in total. The maximum atomic E-state index is 5.93. The molecule has 0 aromatic heterocycles. The van der Waals surface area contributed by atoms with Gasteiger partial charge >= 0.3 is 0 Å². The lowest BCUT2D eigenvalue weighted by Crippen LogP contribution is -2.16. The van der Waals surface area contributed by atoms with Crippen LogP contribution >= 0.6 is 35.0 Å². The summed E-state index contributed by atoms with van der Waals surface area (Å²) < 4.78 is 5.36. The summed E-state index contributed by atoms with van der Waals surface area (Å²) in [5, 5.41) is 0.188. The molecule has 0 aromatic carbocycles. The molecule has 2 atom stereocenters. The van der Waals surface area contributed by atoms with Crippen molar-refractivity contribution in [2.75, 3.05) is 18.2 Å². The fraction of sp³-hybridized carbons (Fsp3) is 1.00. The Bertz CT molecular complexity index is 102. The SMILES string of the molecule is ClCCOC1SCCC1Cl. The third-order valence-electron chi connectivity index (χ3n) is 1.33. The standard InChI is InChI=1S/C6H10Cl2OS/c7-2-3-9-6-5(8)1-4-10-6/h5-6H,1-4H2. The molecule has 2 unspecified atom stereocenters. The summed E-state index contributed by atoms with van der Waals surface area (Å²) in [5.74, 6) is 1.67. The lowest BCUT2D eigenvalue weighted by atomic mass is 10.3. The summed E-state index contributed by atoms with van der Waals surface area (Å²) in [4.78, 5) is 0. The van der Waals surface area contributed by atoms with E-state index in [9.17, 15) is 0 Å². The van der Waals surface area contributed by atoms with Crippen LogP contribution in [0, 0.1) is 0 Å². The van der Waals surface area contributed by atoms with Gasteiger partial charge in [-0.05, 0) is 12.2 Å². The second kappa shape index (κ2) is 4.70. The van der Waals surface area contributed by atoms with Crippen LogP contribution in [-0.4, -0.2) is 29.1 Å². The molecule has 10 heavy (non-hydrogen) atoms. The summed E-state index contributed by atoms with van der Waals surface area (Å²) in [5.41, 5.74) is 0.181. The van der Waals surface area contributed by atoms with E-state index in [1.807, 2.05) is 0 Å². The summed E-state index contributed by atoms with van der Waals surface area (Å²) in [6, 6.07) is 0. The van der Waals surface area contributed by atoms with Crippen molar-refractivity contribution in [2.45, 2.75) is 17.2 Å². The van der Waals surface area contributed by atoms with Crippen LogP contribution in [0.2, 0.25) is 0 Å². The van der Waals surface area contributed by atoms with Crippen molar-refractivity contribution in [3.63, 3.8) is 0 Å². The Kier molecular flexibility index (Phi) is 4.23. The van der Waals surface area contributed by atoms with Gasteiger partial charge in [-0.25, -0.2) is 0 Å². The molecule has 1 fully saturated rings. The Morgan fingerprint density at radius 2 is 2.40 bits per heavy atom. The molecule has 0 aromatic rings. The highest BCUT2D eigenvalue weighted by molar-refractivity contribution is 8.00. The van der Waals surface area contributed by atoms with E-state index in [0.29, 0.717) is 12.5 Å². The molecule has 4 heteroatoms. The highest BCUT2D eigenvalue weighted by atomic mass is 35.5. The number of halogens is 2. The fourth-order valence-corrected chi connectivity index (χ4v) is 2.63. The zero-order chi connectivity index (χ0) is 7.40. The van der Waals surface area contributed by atoms with Crippen LogP contribution < -0.4 is 0 Å². The molecule has 0 bridgehead atoms. The third kappa shape index (κ3) is 2.50. The van der Waals surface area contributed by atoms with Gasteiger partial charge in [0.2, 0.25) is 0 Å². The van der Waals surface area contributed by atoms with Crippen LogP contribution in [0.5, 0.6) is 0 Å². The predicted molar refractivity (Wildman–Crippen MR) is 47.2 cm³/mol. The zero-order valence-corrected chi connectivity index (χ0v) is 7.88. The summed E-state index contributed by atoms with van der Waals surface area (Å²) in [6.07, 6.45) is 1.05. The maximum Gasteiger partial charge on any atom is 0.119 e. The van der Waals surface area contributed by atoms with Gasteiger partial charge in [0.15, 0.2) is 0 Å². The molecule has 1 aliphatic heterocycles. The zero-order valence-electron chi connectivity index (χ0n) is 5.56. The van der Waals surface area contributed by atoms with Crippen LogP contribution in [0.15, 0.2) is 0 Å². The molecule has 1 rings (SSSR count). The first kappa shape index (κ1) is 8.98. The van der Waals surface area contributed by atoms with E-state index in [1.165, 1.54) is 0 Å². The van der Waals surface area contributed by atoms with E-state index in [4.69, 9.17) is 27.9 Å². The van der Waals surface area contributed by atoms with Crippen molar-refractivity contribution in [3.8, 4) is 0 Å². The van der Waals surface area contributed by atoms with E-state index >= 15 is 0 Å². The van der Waals surface area contributed by atoms with Crippen molar-refractivity contribution in [3.05, 3.63) is 0 Å². The molecule has 1 aliphatic rings. The first-order valence-electron chi connectivity index (χ1n) is 3.28. The quantitative estimate of drug-likeness (QED) is 0.648. The van der Waals surface area contributed by atoms with Crippen molar-refractivity contribution in [1.29, 1.82) is 0 Å². The lowest BCUT2D eigenvalue weighted by molar-refractivity contribution is 0.127. The number of hydrogen-bond acceptors (Lipinski definition) is 2. The van der Waals surface area contributed by atoms with Crippen molar-refractivity contribution < 1.29 is 4.74 Å². The van der Waals surface area contributed by atoms with Crippen LogP contribution in [0.4, 0.5) is 0 Å². The second-order valence-electron chi connectivity index (χ2n) is 2.10. The van der Waals surface area contributed by atoms with Gasteiger partial charge in [0, 0.05) is 5.88 Å². The highest BCUT2D eigenvalue weighted by Gasteiger charge is 2.26. The first-order chi connectivity index (χ1) is 4.84. The Morgan fingerprint density at radius 1 is 1.60 bits per heavy atom. The number of hydrogen-bond donors (Lipinski definition) is 0. The number of thioether (sulfide) groups is 1. The Balaban J connectivity index is 2.14. The molecule has 60 valence electrons. The summed E-state index contributed by atoms with van der Waals surface area (Å²) >= 11 is 13.2. The van der Waals surface area contributed by atoms with Gasteiger partial charge in [0.25, 0.3) is 0 Å². The van der Waals surface area contributed by atoms with Gasteiger partial charge in [-0.3, -0.25) is 0 Å². The third-order valence-corrected chi connectivity index (χ3v) is 3.35. The minimum Gasteiger partial charge on any atom is -0.365 e. The van der Waals surface area contributed by atoms with E-state index in [2.05, 4.69) is 0 Å². The van der Waals surface area contributed by atoms with Crippen molar-refractivity contribution in [2.24, 2.45) is 0 Å². The van der Waals surface area contributed by atoms with Crippen LogP contribution in [0.25, 0.3) is 0 Å². The topological polar surface area (TPSA) is 9.23 Å². The number of alkyl halides is 2. The molecule has 1 heterocycles. The van der Waals surface area contributed by atoms with Gasteiger partial charge in [-0.2, -0.15) is 0 Å². The first-order valence-corrected chi connectivity index (χ1v) is 5.30. The van der Waals surface area contributed by atoms with E-state index in [-0.39, 0.29) is 10.8 Å². The van der Waals surface area contributed by atoms with Crippen LogP contribution in [0.3, 0.4) is 0 Å². The number of rotatable bonds is 3. The Hall–Kier alpha value is 0.890. The Morgan fingerprint density at radius 3 is 2.90 bits per heavy atom. The van der Waals surface area contributed by atoms with Gasteiger partial charge < -0.3 is 4.74 Å². The van der Waals surface area contributed by atoms with Crippen molar-refractivity contribution in [1.82, 2.24) is 0 Å². The van der Waals surface area contributed by atoms with Crippen molar-refractivity contribution >= 4 is 35.0 Å². The molecule has 0 radical (unpaired) electrons. The predicted octanol–water partition coefficient (Wildman–Crippen LogP) is 2.31. The smallest absolute Gasteiger partial charge is 0.119 e. The largest absolute Gasteiger partial charge is 0.365 e. The normalized spacial score (nSPS) is 33.0. The molecule has 0 aliphatic carbocycles. The minimum absolute atomic E-state index is 0.181. The molecular formula is C6H10Cl2OS. The monoisotopic (exact) mass is 200 g/mol. The Labute approximate surface area is 75.4 Å². The van der Waals surface area contributed by atoms with E-state index in [0.717, 1.165) is 12.2 Å². The molecule has 0 N–H and O–H groups in total. The average molecular weight is 201 g/mol. The van der Waals surface area contributed by atoms with Gasteiger partial charge in [0.05, 0.1) is 12.0 Å². The fourth-order valence-electron chi connectivity index (χ4n) is 0.850. The second-order valence-corrected chi connectivity index (χ2v) is 4.25. The number of ether oxygens (including phenoxy) is 1. The molecule has 0 spiro atoms. The average Bonchev–Trinajstić information content (AvgIpc) is 2.31. The van der Waals surface area contributed by atoms with Gasteiger partial charge in [0.1, 0.15) is 5.44 Å². The molecular weight excluding hydrogens is 191 g/mol. The molecule has 1 saturated heterocycles. The van der Waals surface area contributed by atoms with Crippen LogP contribution in [0.1, 0.15) is 6.42 Å². The molecule has 0 amide bonds. The van der Waals surface area contributed by atoms with Crippen LogP contribution in [-0.2, 0) is 4.74 Å².